The Morgan fingerprint density at radius 3 is 2.06 bits per heavy atom. The van der Waals surface area contributed by atoms with Crippen molar-refractivity contribution in [3.05, 3.63) is 35.4 Å². The first-order chi connectivity index (χ1) is 14.6. The summed E-state index contributed by atoms with van der Waals surface area (Å²) in [5, 5.41) is 21.3. The van der Waals surface area contributed by atoms with Crippen molar-refractivity contribution in [1.82, 2.24) is 0 Å². The minimum Gasteiger partial charge on any atom is -0.481 e. The molecule has 0 amide bonds. The van der Waals surface area contributed by atoms with Crippen molar-refractivity contribution in [1.29, 1.82) is 0 Å². The number of hydrogen-bond acceptors (Lipinski definition) is 2. The van der Waals surface area contributed by atoms with Gasteiger partial charge in [0.15, 0.2) is 0 Å². The van der Waals surface area contributed by atoms with Crippen molar-refractivity contribution in [3.8, 4) is 0 Å². The summed E-state index contributed by atoms with van der Waals surface area (Å²) in [6.45, 7) is 10.5. The van der Waals surface area contributed by atoms with Crippen LogP contribution in [-0.4, -0.2) is 22.3 Å². The number of hydrogen-bond donors (Lipinski definition) is 2. The van der Waals surface area contributed by atoms with Gasteiger partial charge in [0.05, 0.1) is 11.5 Å². The van der Waals surface area contributed by atoms with Crippen molar-refractivity contribution in [3.63, 3.8) is 0 Å². The summed E-state index contributed by atoms with van der Waals surface area (Å²) in [4.78, 5) is 12.6. The second-order valence-corrected chi connectivity index (χ2v) is 11.0. The minimum absolute atomic E-state index is 0.334. The summed E-state index contributed by atoms with van der Waals surface area (Å²) in [5.74, 6) is 0.436. The smallest absolute Gasteiger partial charge is 0.310 e. The lowest BCUT2D eigenvalue weighted by Gasteiger charge is -2.43. The molecular formula is C28H46O3. The third-order valence-electron chi connectivity index (χ3n) is 8.12. The van der Waals surface area contributed by atoms with Gasteiger partial charge in [-0.1, -0.05) is 84.6 Å². The van der Waals surface area contributed by atoms with Crippen molar-refractivity contribution in [2.45, 2.75) is 111 Å². The Bertz CT molecular complexity index is 664. The van der Waals surface area contributed by atoms with E-state index in [9.17, 15) is 15.0 Å². The van der Waals surface area contributed by atoms with Crippen LogP contribution in [0.15, 0.2) is 24.3 Å². The standard InChI is InChI=1S/C28H46O3/c1-6-8-22-13-15-24(16-14-22)25(29)18-20-28(26(30)31,27(3,4)5)19-17-23-11-9-21(7-2)10-12-23/h9-12,22,24-25,29H,6-8,13-20H2,1-5H3,(H,30,31)/t22-,24-,25?,28?. The van der Waals surface area contributed by atoms with Crippen molar-refractivity contribution in [2.24, 2.45) is 22.7 Å². The lowest BCUT2D eigenvalue weighted by Crippen LogP contribution is -2.44. The largest absolute Gasteiger partial charge is 0.481 e. The maximum Gasteiger partial charge on any atom is 0.310 e. The molecule has 176 valence electrons. The molecule has 31 heavy (non-hydrogen) atoms. The third-order valence-corrected chi connectivity index (χ3v) is 8.12. The van der Waals surface area contributed by atoms with Gasteiger partial charge in [-0.05, 0) is 73.3 Å². The molecule has 0 bridgehead atoms. The summed E-state index contributed by atoms with van der Waals surface area (Å²) in [6, 6.07) is 8.57. The summed E-state index contributed by atoms with van der Waals surface area (Å²) >= 11 is 0. The molecule has 2 N–H and O–H groups in total. The average Bonchev–Trinajstić information content (AvgIpc) is 2.73. The van der Waals surface area contributed by atoms with Crippen LogP contribution in [0.5, 0.6) is 0 Å². The number of aliphatic hydroxyl groups excluding tert-OH is 1. The van der Waals surface area contributed by atoms with Gasteiger partial charge < -0.3 is 10.2 Å². The zero-order valence-electron chi connectivity index (χ0n) is 20.6. The van der Waals surface area contributed by atoms with Crippen LogP contribution >= 0.6 is 0 Å². The highest BCUT2D eigenvalue weighted by molar-refractivity contribution is 5.75. The van der Waals surface area contributed by atoms with Crippen molar-refractivity contribution in [2.75, 3.05) is 0 Å². The van der Waals surface area contributed by atoms with Gasteiger partial charge in [0, 0.05) is 0 Å². The Hall–Kier alpha value is -1.35. The second-order valence-electron chi connectivity index (χ2n) is 11.0. The molecule has 1 aromatic rings. The van der Waals surface area contributed by atoms with Gasteiger partial charge in [-0.25, -0.2) is 0 Å². The molecule has 1 fully saturated rings. The number of carboxylic acids is 1. The van der Waals surface area contributed by atoms with Gasteiger partial charge in [0.25, 0.3) is 0 Å². The molecule has 1 aliphatic rings. The van der Waals surface area contributed by atoms with Gasteiger partial charge in [-0.15, -0.1) is 0 Å². The third kappa shape index (κ3) is 6.81. The highest BCUT2D eigenvalue weighted by Gasteiger charge is 2.48. The quantitative estimate of drug-likeness (QED) is 0.395. The maximum atomic E-state index is 12.6. The number of carboxylic acid groups (broad SMARTS) is 1. The van der Waals surface area contributed by atoms with Gasteiger partial charge in [-0.2, -0.15) is 0 Å². The van der Waals surface area contributed by atoms with E-state index in [1.165, 1.54) is 36.8 Å². The molecule has 1 aliphatic carbocycles. The SMILES string of the molecule is CCC[C@H]1CC[C@H](C(O)CCC(CCc2ccc(CC)cc2)(C(=O)O)C(C)(C)C)CC1. The molecule has 0 saturated heterocycles. The van der Waals surface area contributed by atoms with E-state index in [0.717, 1.165) is 31.6 Å². The van der Waals surface area contributed by atoms with E-state index in [1.807, 2.05) is 20.8 Å². The first-order valence-corrected chi connectivity index (χ1v) is 12.6. The van der Waals surface area contributed by atoms with Gasteiger partial charge in [-0.3, -0.25) is 4.79 Å². The fourth-order valence-electron chi connectivity index (χ4n) is 5.61. The number of aliphatic hydroxyl groups is 1. The molecule has 0 aromatic heterocycles. The fourth-order valence-corrected chi connectivity index (χ4v) is 5.61. The zero-order valence-corrected chi connectivity index (χ0v) is 20.6. The van der Waals surface area contributed by atoms with Gasteiger partial charge in [0.1, 0.15) is 0 Å². The van der Waals surface area contributed by atoms with Crippen LogP contribution in [0.2, 0.25) is 0 Å². The minimum atomic E-state index is -0.836. The summed E-state index contributed by atoms with van der Waals surface area (Å²) in [5.41, 5.74) is 1.29. The lowest BCUT2D eigenvalue weighted by atomic mass is 9.60. The van der Waals surface area contributed by atoms with Crippen molar-refractivity contribution < 1.29 is 15.0 Å². The zero-order chi connectivity index (χ0) is 23.1. The predicted molar refractivity (Wildman–Crippen MR) is 129 cm³/mol. The summed E-state index contributed by atoms with van der Waals surface area (Å²) in [6.07, 6.45) is 10.3. The Kier molecular flexibility index (Phi) is 9.61. The molecule has 2 unspecified atom stereocenters. The number of aliphatic carboxylic acids is 1. The Labute approximate surface area is 190 Å². The maximum absolute atomic E-state index is 12.6. The highest BCUT2D eigenvalue weighted by atomic mass is 16.4. The Morgan fingerprint density at radius 2 is 1.58 bits per heavy atom. The van der Waals surface area contributed by atoms with E-state index in [2.05, 4.69) is 38.1 Å². The van der Waals surface area contributed by atoms with Crippen LogP contribution in [-0.2, 0) is 17.6 Å². The molecule has 3 heteroatoms. The average molecular weight is 431 g/mol. The molecule has 2 atom stereocenters. The van der Waals surface area contributed by atoms with E-state index in [0.29, 0.717) is 25.2 Å². The van der Waals surface area contributed by atoms with E-state index >= 15 is 0 Å². The van der Waals surface area contributed by atoms with Crippen LogP contribution < -0.4 is 0 Å². The Balaban J connectivity index is 2.04. The van der Waals surface area contributed by atoms with Crippen LogP contribution in [0.3, 0.4) is 0 Å². The molecule has 1 aromatic carbocycles. The molecule has 0 radical (unpaired) electrons. The van der Waals surface area contributed by atoms with Crippen LogP contribution in [0, 0.1) is 22.7 Å². The van der Waals surface area contributed by atoms with Crippen LogP contribution in [0.4, 0.5) is 0 Å². The van der Waals surface area contributed by atoms with E-state index in [4.69, 9.17) is 0 Å². The van der Waals surface area contributed by atoms with E-state index in [1.54, 1.807) is 0 Å². The molecule has 3 nitrogen and oxygen atoms in total. The van der Waals surface area contributed by atoms with E-state index < -0.39 is 11.4 Å². The number of rotatable bonds is 11. The normalized spacial score (nSPS) is 22.6. The van der Waals surface area contributed by atoms with Gasteiger partial charge >= 0.3 is 5.97 Å². The van der Waals surface area contributed by atoms with Crippen LogP contribution in [0.1, 0.15) is 104 Å². The highest BCUT2D eigenvalue weighted by Crippen LogP contribution is 2.47. The van der Waals surface area contributed by atoms with E-state index in [-0.39, 0.29) is 11.5 Å². The predicted octanol–water partition coefficient (Wildman–Crippen LogP) is 7.05. The summed E-state index contributed by atoms with van der Waals surface area (Å²) < 4.78 is 0. The Morgan fingerprint density at radius 1 is 1.00 bits per heavy atom. The summed E-state index contributed by atoms with van der Waals surface area (Å²) in [7, 11) is 0. The molecule has 0 spiro atoms. The van der Waals surface area contributed by atoms with Crippen molar-refractivity contribution >= 4 is 5.97 Å². The molecule has 0 aliphatic heterocycles. The number of benzene rings is 1. The first kappa shape index (κ1) is 25.9. The number of aryl methyl sites for hydroxylation is 2. The second kappa shape index (κ2) is 11.5. The monoisotopic (exact) mass is 430 g/mol. The first-order valence-electron chi connectivity index (χ1n) is 12.6. The lowest BCUT2D eigenvalue weighted by molar-refractivity contribution is -0.158. The molecule has 2 rings (SSSR count). The molecule has 1 saturated carbocycles. The van der Waals surface area contributed by atoms with Crippen LogP contribution in [0.25, 0.3) is 0 Å². The topological polar surface area (TPSA) is 57.5 Å². The molecular weight excluding hydrogens is 384 g/mol. The van der Waals surface area contributed by atoms with Gasteiger partial charge in [0.2, 0.25) is 0 Å². The number of carbonyl (C=O) groups is 1. The molecule has 0 heterocycles. The fraction of sp³-hybridized carbons (Fsp3) is 0.750.